The van der Waals surface area contributed by atoms with Crippen molar-refractivity contribution in [2.75, 3.05) is 27.2 Å². The SMILES string of the molecule is CN(C)CCNC(=O)c1ccc2ncn(C)c2c1. The Morgan fingerprint density at radius 2 is 2.22 bits per heavy atom. The van der Waals surface area contributed by atoms with Gasteiger partial charge in [-0.3, -0.25) is 4.79 Å². The average Bonchev–Trinajstić information content (AvgIpc) is 2.70. The van der Waals surface area contributed by atoms with E-state index in [-0.39, 0.29) is 5.91 Å². The summed E-state index contributed by atoms with van der Waals surface area (Å²) in [6.07, 6.45) is 1.75. The van der Waals surface area contributed by atoms with Crippen molar-refractivity contribution in [3.63, 3.8) is 0 Å². The van der Waals surface area contributed by atoms with Crippen molar-refractivity contribution in [3.05, 3.63) is 30.1 Å². The number of nitrogens with one attached hydrogen (secondary N) is 1. The highest BCUT2D eigenvalue weighted by molar-refractivity contribution is 5.97. The molecule has 0 saturated carbocycles. The fraction of sp³-hybridized carbons (Fsp3) is 0.385. The summed E-state index contributed by atoms with van der Waals surface area (Å²) in [5.41, 5.74) is 2.54. The number of rotatable bonds is 4. The zero-order valence-corrected chi connectivity index (χ0v) is 11.0. The molecule has 0 atom stereocenters. The quantitative estimate of drug-likeness (QED) is 0.870. The van der Waals surface area contributed by atoms with Crippen molar-refractivity contribution in [2.45, 2.75) is 0 Å². The Hall–Kier alpha value is -1.88. The molecule has 0 aliphatic carbocycles. The maximum absolute atomic E-state index is 11.9. The number of aromatic nitrogens is 2. The van der Waals surface area contributed by atoms with Crippen molar-refractivity contribution in [1.29, 1.82) is 0 Å². The molecular weight excluding hydrogens is 228 g/mol. The lowest BCUT2D eigenvalue weighted by molar-refractivity contribution is 0.0951. The third-order valence-electron chi connectivity index (χ3n) is 2.83. The number of likely N-dealkylation sites (N-methyl/N-ethyl adjacent to an activating group) is 1. The van der Waals surface area contributed by atoms with Gasteiger partial charge in [-0.2, -0.15) is 0 Å². The van der Waals surface area contributed by atoms with Gasteiger partial charge in [0.15, 0.2) is 0 Å². The fourth-order valence-electron chi connectivity index (χ4n) is 1.76. The number of benzene rings is 1. The largest absolute Gasteiger partial charge is 0.351 e. The van der Waals surface area contributed by atoms with Crippen LogP contribution in [0.1, 0.15) is 10.4 Å². The summed E-state index contributed by atoms with van der Waals surface area (Å²) in [4.78, 5) is 18.2. The van der Waals surface area contributed by atoms with Crippen LogP contribution in [-0.4, -0.2) is 47.5 Å². The Bertz CT molecular complexity index is 559. The summed E-state index contributed by atoms with van der Waals surface area (Å²) in [5, 5.41) is 2.90. The van der Waals surface area contributed by atoms with Gasteiger partial charge in [0.05, 0.1) is 17.4 Å². The first-order chi connectivity index (χ1) is 8.58. The molecule has 1 N–H and O–H groups in total. The molecular formula is C13H18N4O. The van der Waals surface area contributed by atoms with Crippen LogP contribution in [0, 0.1) is 0 Å². The van der Waals surface area contributed by atoms with Gasteiger partial charge < -0.3 is 14.8 Å². The van der Waals surface area contributed by atoms with Gasteiger partial charge in [-0.15, -0.1) is 0 Å². The minimum atomic E-state index is -0.0417. The van der Waals surface area contributed by atoms with E-state index in [1.54, 1.807) is 12.4 Å². The van der Waals surface area contributed by atoms with Gasteiger partial charge in [0.1, 0.15) is 0 Å². The van der Waals surface area contributed by atoms with E-state index < -0.39 is 0 Å². The predicted octanol–water partition coefficient (Wildman–Crippen LogP) is 0.865. The predicted molar refractivity (Wildman–Crippen MR) is 71.6 cm³/mol. The second-order valence-corrected chi connectivity index (χ2v) is 4.62. The second-order valence-electron chi connectivity index (χ2n) is 4.62. The number of amides is 1. The number of imidazole rings is 1. The van der Waals surface area contributed by atoms with Crippen molar-refractivity contribution >= 4 is 16.9 Å². The summed E-state index contributed by atoms with van der Waals surface area (Å²) in [5.74, 6) is -0.0417. The number of nitrogens with zero attached hydrogens (tertiary/aromatic N) is 3. The molecule has 96 valence electrons. The van der Waals surface area contributed by atoms with Crippen molar-refractivity contribution in [2.24, 2.45) is 7.05 Å². The van der Waals surface area contributed by atoms with E-state index in [4.69, 9.17) is 0 Å². The maximum Gasteiger partial charge on any atom is 0.251 e. The molecule has 1 amide bonds. The molecule has 5 heteroatoms. The molecule has 2 rings (SSSR count). The summed E-state index contributed by atoms with van der Waals surface area (Å²) < 4.78 is 1.91. The maximum atomic E-state index is 11.9. The van der Waals surface area contributed by atoms with Crippen LogP contribution in [-0.2, 0) is 7.05 Å². The normalized spacial score (nSPS) is 11.1. The molecule has 0 bridgehead atoms. The summed E-state index contributed by atoms with van der Waals surface area (Å²) in [6, 6.07) is 5.55. The molecule has 18 heavy (non-hydrogen) atoms. The molecule has 1 aromatic carbocycles. The Morgan fingerprint density at radius 1 is 1.44 bits per heavy atom. The van der Waals surface area contributed by atoms with Crippen LogP contribution < -0.4 is 5.32 Å². The summed E-state index contributed by atoms with van der Waals surface area (Å²) in [6.45, 7) is 1.48. The summed E-state index contributed by atoms with van der Waals surface area (Å²) in [7, 11) is 5.88. The van der Waals surface area contributed by atoms with Crippen molar-refractivity contribution < 1.29 is 4.79 Å². The molecule has 0 fully saturated rings. The standard InChI is InChI=1S/C13H18N4O/c1-16(2)7-6-14-13(18)10-4-5-11-12(8-10)17(3)9-15-11/h4-5,8-9H,6-7H2,1-3H3,(H,14,18). The second kappa shape index (κ2) is 5.18. The Morgan fingerprint density at radius 3 is 2.94 bits per heavy atom. The topological polar surface area (TPSA) is 50.2 Å². The number of carbonyl (C=O) groups excluding carboxylic acids is 1. The van der Waals surface area contributed by atoms with Gasteiger partial charge >= 0.3 is 0 Å². The Labute approximate surface area is 106 Å². The molecule has 0 unspecified atom stereocenters. The smallest absolute Gasteiger partial charge is 0.251 e. The molecule has 1 aromatic heterocycles. The lowest BCUT2D eigenvalue weighted by atomic mass is 10.2. The van der Waals surface area contributed by atoms with E-state index in [1.165, 1.54) is 0 Å². The van der Waals surface area contributed by atoms with Crippen molar-refractivity contribution in [3.8, 4) is 0 Å². The van der Waals surface area contributed by atoms with E-state index in [0.29, 0.717) is 12.1 Å². The molecule has 0 spiro atoms. The van der Waals surface area contributed by atoms with Crippen LogP contribution in [0.25, 0.3) is 11.0 Å². The Kier molecular flexibility index (Phi) is 3.62. The third kappa shape index (κ3) is 2.68. The highest BCUT2D eigenvalue weighted by atomic mass is 16.1. The van der Waals surface area contributed by atoms with Crippen LogP contribution in [0.2, 0.25) is 0 Å². The van der Waals surface area contributed by atoms with Crippen LogP contribution in [0.4, 0.5) is 0 Å². The number of aryl methyl sites for hydroxylation is 1. The minimum absolute atomic E-state index is 0.0417. The van der Waals surface area contributed by atoms with Gasteiger partial charge in [-0.25, -0.2) is 4.98 Å². The van der Waals surface area contributed by atoms with Crippen LogP contribution in [0.15, 0.2) is 24.5 Å². The van der Waals surface area contributed by atoms with Gasteiger partial charge in [0.25, 0.3) is 5.91 Å². The fourth-order valence-corrected chi connectivity index (χ4v) is 1.76. The monoisotopic (exact) mass is 246 g/mol. The van der Waals surface area contributed by atoms with E-state index in [2.05, 4.69) is 10.3 Å². The molecule has 2 aromatic rings. The number of hydrogen-bond donors (Lipinski definition) is 1. The summed E-state index contributed by atoms with van der Waals surface area (Å²) >= 11 is 0. The third-order valence-corrected chi connectivity index (χ3v) is 2.83. The van der Waals surface area contributed by atoms with Crippen molar-refractivity contribution in [1.82, 2.24) is 19.8 Å². The molecule has 1 heterocycles. The van der Waals surface area contributed by atoms with E-state index in [9.17, 15) is 4.79 Å². The van der Waals surface area contributed by atoms with Crippen LogP contribution in [0.3, 0.4) is 0 Å². The van der Waals surface area contributed by atoms with Gasteiger partial charge in [-0.1, -0.05) is 0 Å². The highest BCUT2D eigenvalue weighted by Gasteiger charge is 2.07. The van der Waals surface area contributed by atoms with Gasteiger partial charge in [-0.05, 0) is 32.3 Å². The zero-order valence-electron chi connectivity index (χ0n) is 11.0. The van der Waals surface area contributed by atoms with Gasteiger partial charge in [0.2, 0.25) is 0 Å². The van der Waals surface area contributed by atoms with E-state index >= 15 is 0 Å². The molecule has 0 radical (unpaired) electrons. The number of hydrogen-bond acceptors (Lipinski definition) is 3. The van der Waals surface area contributed by atoms with Gasteiger partial charge in [0, 0.05) is 25.7 Å². The molecule has 0 aliphatic rings. The lowest BCUT2D eigenvalue weighted by Gasteiger charge is -2.10. The highest BCUT2D eigenvalue weighted by Crippen LogP contribution is 2.13. The number of fused-ring (bicyclic) bond motifs is 1. The number of carbonyl (C=O) groups is 1. The minimum Gasteiger partial charge on any atom is -0.351 e. The zero-order chi connectivity index (χ0) is 13.1. The molecule has 0 saturated heterocycles. The van der Waals surface area contributed by atoms with E-state index in [1.807, 2.05) is 42.7 Å². The Balaban J connectivity index is 2.10. The average molecular weight is 246 g/mol. The molecule has 0 aliphatic heterocycles. The van der Waals surface area contributed by atoms with Crippen LogP contribution in [0.5, 0.6) is 0 Å². The first-order valence-corrected chi connectivity index (χ1v) is 5.92. The lowest BCUT2D eigenvalue weighted by Crippen LogP contribution is -2.31. The first-order valence-electron chi connectivity index (χ1n) is 5.92. The first kappa shape index (κ1) is 12.6. The van der Waals surface area contributed by atoms with E-state index in [0.717, 1.165) is 17.6 Å². The van der Waals surface area contributed by atoms with Crippen LogP contribution >= 0.6 is 0 Å². The molecule has 5 nitrogen and oxygen atoms in total.